The van der Waals surface area contributed by atoms with Gasteiger partial charge < -0.3 is 10.2 Å². The molecule has 0 amide bonds. The largest absolute Gasteiger partial charge is 0.481 e. The highest BCUT2D eigenvalue weighted by Crippen LogP contribution is 2.58. The van der Waals surface area contributed by atoms with Gasteiger partial charge in [0.25, 0.3) is 0 Å². The number of aliphatic carboxylic acids is 2. The predicted molar refractivity (Wildman–Crippen MR) is 89.1 cm³/mol. The van der Waals surface area contributed by atoms with Crippen molar-refractivity contribution in [3.8, 4) is 0 Å². The van der Waals surface area contributed by atoms with Gasteiger partial charge >= 0.3 is 11.9 Å². The van der Waals surface area contributed by atoms with Crippen LogP contribution in [0.4, 0.5) is 0 Å². The minimum atomic E-state index is -0.749. The molecule has 0 aromatic heterocycles. The molecule has 5 atom stereocenters. The summed E-state index contributed by atoms with van der Waals surface area (Å²) in [6, 6.07) is 0. The predicted octanol–water partition coefficient (Wildman–Crippen LogP) is 4.35. The van der Waals surface area contributed by atoms with E-state index < -0.39 is 17.4 Å². The van der Waals surface area contributed by atoms with Crippen LogP contribution in [0.3, 0.4) is 0 Å². The van der Waals surface area contributed by atoms with Crippen LogP contribution in [0.5, 0.6) is 0 Å². The summed E-state index contributed by atoms with van der Waals surface area (Å²) in [6.45, 7) is 8.10. The molecule has 0 radical (unpaired) electrons. The number of hydrogen-bond donors (Lipinski definition) is 2. The monoisotopic (exact) mass is 322 g/mol. The molecule has 0 aromatic carbocycles. The lowest BCUT2D eigenvalue weighted by Crippen LogP contribution is -2.47. The first-order valence-electron chi connectivity index (χ1n) is 8.79. The van der Waals surface area contributed by atoms with E-state index in [4.69, 9.17) is 5.11 Å². The Morgan fingerprint density at radius 3 is 2.52 bits per heavy atom. The number of carboxylic acids is 2. The number of hydrogen-bond acceptors (Lipinski definition) is 2. The Labute approximate surface area is 139 Å². The van der Waals surface area contributed by atoms with Crippen LogP contribution < -0.4 is 0 Å². The van der Waals surface area contributed by atoms with Crippen molar-refractivity contribution in [2.24, 2.45) is 28.6 Å². The Balaban J connectivity index is 2.29. The van der Waals surface area contributed by atoms with Gasteiger partial charge in [-0.25, -0.2) is 0 Å². The molecule has 2 aliphatic carbocycles. The average molecular weight is 322 g/mol. The van der Waals surface area contributed by atoms with Crippen molar-refractivity contribution in [3.63, 3.8) is 0 Å². The van der Waals surface area contributed by atoms with Crippen molar-refractivity contribution in [1.82, 2.24) is 0 Å². The highest BCUT2D eigenvalue weighted by molar-refractivity contribution is 5.75. The first kappa shape index (κ1) is 18.0. The lowest BCUT2D eigenvalue weighted by molar-refractivity contribution is -0.152. The van der Waals surface area contributed by atoms with Gasteiger partial charge in [0.1, 0.15) is 0 Å². The zero-order valence-electron chi connectivity index (χ0n) is 14.8. The number of fused-ring (bicyclic) bond motifs is 1. The summed E-state index contributed by atoms with van der Waals surface area (Å²) in [5, 5.41) is 18.9. The third-order valence-corrected chi connectivity index (χ3v) is 6.81. The molecule has 0 saturated heterocycles. The summed E-state index contributed by atoms with van der Waals surface area (Å²) in [5.41, 5.74) is 0.526. The molecule has 2 aliphatic rings. The summed E-state index contributed by atoms with van der Waals surface area (Å²) in [7, 11) is 0. The van der Waals surface area contributed by atoms with Crippen molar-refractivity contribution < 1.29 is 19.8 Å². The summed E-state index contributed by atoms with van der Waals surface area (Å²) in [6.07, 6.45) is 7.18. The Kier molecular flexibility index (Phi) is 4.93. The van der Waals surface area contributed by atoms with Crippen LogP contribution in [0.1, 0.15) is 66.2 Å². The second kappa shape index (κ2) is 6.29. The third kappa shape index (κ3) is 3.05. The van der Waals surface area contributed by atoms with Gasteiger partial charge in [-0.1, -0.05) is 32.4 Å². The van der Waals surface area contributed by atoms with Crippen LogP contribution >= 0.6 is 0 Å². The quantitative estimate of drug-likeness (QED) is 0.738. The van der Waals surface area contributed by atoms with E-state index in [-0.39, 0.29) is 17.3 Å². The zero-order chi connectivity index (χ0) is 17.4. The molecule has 2 rings (SSSR count). The molecular formula is C19H30O4. The van der Waals surface area contributed by atoms with E-state index in [0.717, 1.165) is 25.7 Å². The van der Waals surface area contributed by atoms with Gasteiger partial charge in [-0.15, -0.1) is 0 Å². The molecule has 4 nitrogen and oxygen atoms in total. The number of allylic oxidation sites excluding steroid dienone is 2. The van der Waals surface area contributed by atoms with E-state index in [1.54, 1.807) is 6.92 Å². The number of carbonyl (C=O) groups is 2. The Morgan fingerprint density at radius 1 is 1.30 bits per heavy atom. The molecule has 1 fully saturated rings. The smallest absolute Gasteiger partial charge is 0.309 e. The van der Waals surface area contributed by atoms with Crippen LogP contribution in [-0.4, -0.2) is 22.2 Å². The van der Waals surface area contributed by atoms with E-state index >= 15 is 0 Å². The summed E-state index contributed by atoms with van der Waals surface area (Å²) in [5.74, 6) is -1.24. The fraction of sp³-hybridized carbons (Fsp3) is 0.789. The minimum absolute atomic E-state index is 0.0796. The van der Waals surface area contributed by atoms with Crippen molar-refractivity contribution >= 4 is 11.9 Å². The molecule has 0 unspecified atom stereocenters. The molecule has 0 heterocycles. The maximum absolute atomic E-state index is 11.9. The van der Waals surface area contributed by atoms with Gasteiger partial charge in [0.05, 0.1) is 11.3 Å². The second-order valence-electron chi connectivity index (χ2n) is 8.15. The molecule has 0 aliphatic heterocycles. The van der Waals surface area contributed by atoms with Gasteiger partial charge in [0, 0.05) is 0 Å². The van der Waals surface area contributed by atoms with Crippen molar-refractivity contribution in [2.45, 2.75) is 66.2 Å². The Bertz CT molecular complexity index is 523. The molecule has 1 saturated carbocycles. The molecule has 0 bridgehead atoms. The maximum Gasteiger partial charge on any atom is 0.309 e. The molecular weight excluding hydrogens is 292 g/mol. The molecule has 23 heavy (non-hydrogen) atoms. The fourth-order valence-corrected chi connectivity index (χ4v) is 4.60. The van der Waals surface area contributed by atoms with Crippen LogP contribution in [0.15, 0.2) is 11.6 Å². The second-order valence-corrected chi connectivity index (χ2v) is 8.15. The standard InChI is InChI=1S/C19H30O4/c1-12(16(20)21)9-11-18(3)13(2)7-8-15-14(18)6-5-10-19(15,4)17(22)23/h6,12-13,15H,5,7-11H2,1-4H3,(H,20,21)(H,22,23)/t12-,13+,15-,18+,19-/m1/s1. The summed E-state index contributed by atoms with van der Waals surface area (Å²) < 4.78 is 0. The molecule has 4 heteroatoms. The van der Waals surface area contributed by atoms with Gasteiger partial charge in [-0.3, -0.25) is 9.59 Å². The lowest BCUT2D eigenvalue weighted by atomic mass is 9.51. The molecule has 0 aromatic rings. The first-order chi connectivity index (χ1) is 10.6. The topological polar surface area (TPSA) is 74.6 Å². The van der Waals surface area contributed by atoms with Crippen molar-refractivity contribution in [2.75, 3.05) is 0 Å². The molecule has 0 spiro atoms. The van der Waals surface area contributed by atoms with Crippen LogP contribution in [0, 0.1) is 28.6 Å². The van der Waals surface area contributed by atoms with Crippen molar-refractivity contribution in [1.29, 1.82) is 0 Å². The Morgan fingerprint density at radius 2 is 1.96 bits per heavy atom. The first-order valence-corrected chi connectivity index (χ1v) is 8.79. The van der Waals surface area contributed by atoms with Gasteiger partial charge in [0.15, 0.2) is 0 Å². The van der Waals surface area contributed by atoms with Crippen LogP contribution in [-0.2, 0) is 9.59 Å². The minimum Gasteiger partial charge on any atom is -0.481 e. The van der Waals surface area contributed by atoms with E-state index in [1.165, 1.54) is 5.57 Å². The van der Waals surface area contributed by atoms with E-state index in [1.807, 2.05) is 6.92 Å². The molecule has 2 N–H and O–H groups in total. The SMILES string of the molecule is C[C@H](CC[C@]1(C)C2=CCC[C@@](C)(C(=O)O)[C@@H]2CC[C@@H]1C)C(=O)O. The number of rotatable bonds is 5. The third-order valence-electron chi connectivity index (χ3n) is 6.81. The number of carboxylic acid groups (broad SMARTS) is 2. The lowest BCUT2D eigenvalue weighted by Gasteiger charge is -2.52. The molecule has 130 valence electrons. The maximum atomic E-state index is 11.9. The van der Waals surface area contributed by atoms with E-state index in [0.29, 0.717) is 18.8 Å². The normalized spacial score (nSPS) is 38.3. The van der Waals surface area contributed by atoms with E-state index in [9.17, 15) is 14.7 Å². The van der Waals surface area contributed by atoms with Crippen LogP contribution in [0.2, 0.25) is 0 Å². The van der Waals surface area contributed by atoms with E-state index in [2.05, 4.69) is 19.9 Å². The Hall–Kier alpha value is -1.32. The van der Waals surface area contributed by atoms with Gasteiger partial charge in [0.2, 0.25) is 0 Å². The fourth-order valence-electron chi connectivity index (χ4n) is 4.60. The zero-order valence-corrected chi connectivity index (χ0v) is 14.8. The highest BCUT2D eigenvalue weighted by atomic mass is 16.4. The van der Waals surface area contributed by atoms with Gasteiger partial charge in [-0.05, 0) is 62.7 Å². The van der Waals surface area contributed by atoms with Gasteiger partial charge in [-0.2, -0.15) is 0 Å². The summed E-state index contributed by atoms with van der Waals surface area (Å²) >= 11 is 0. The van der Waals surface area contributed by atoms with Crippen molar-refractivity contribution in [3.05, 3.63) is 11.6 Å². The average Bonchev–Trinajstić information content (AvgIpc) is 2.49. The highest BCUT2D eigenvalue weighted by Gasteiger charge is 2.52. The summed E-state index contributed by atoms with van der Waals surface area (Å²) in [4.78, 5) is 23.0. The van der Waals surface area contributed by atoms with Crippen LogP contribution in [0.25, 0.3) is 0 Å².